The van der Waals surface area contributed by atoms with Crippen LogP contribution in [0.2, 0.25) is 0 Å². The lowest BCUT2D eigenvalue weighted by atomic mass is 9.69. The Morgan fingerprint density at radius 2 is 1.19 bits per heavy atom. The summed E-state index contributed by atoms with van der Waals surface area (Å²) in [5.74, 6) is 4.23. The lowest BCUT2D eigenvalue weighted by molar-refractivity contribution is 0.136. The first-order valence-electron chi connectivity index (χ1n) is 11.3. The van der Waals surface area contributed by atoms with E-state index in [1.807, 2.05) is 0 Å². The molecule has 1 N–H and O–H groups in total. The van der Waals surface area contributed by atoms with Crippen molar-refractivity contribution in [3.8, 4) is 0 Å². The van der Waals surface area contributed by atoms with Gasteiger partial charge in [-0.1, -0.05) is 61.8 Å². The highest BCUT2D eigenvalue weighted by atomic mass is 15.0. The Morgan fingerprint density at radius 1 is 0.692 bits per heavy atom. The van der Waals surface area contributed by atoms with E-state index in [0.29, 0.717) is 10.8 Å². The lowest BCUT2D eigenvalue weighted by Crippen LogP contribution is -2.39. The molecule has 2 heterocycles. The lowest BCUT2D eigenvalue weighted by Gasteiger charge is -2.37. The average molecular weight is 364 g/mol. The standard InChI is InChI=1S/C12H23N.C12H22.CH4/c1-12(2,3)8-9-6-10-4-5-11(7-9)13-10;1-12(2,3)11-7-9-4-5-10(6-9)8-11;/h9-11,13H,4-8H2,1-3H3;9-11H,4-8H2,1-3H3;1H4. The van der Waals surface area contributed by atoms with E-state index >= 15 is 0 Å². The highest BCUT2D eigenvalue weighted by molar-refractivity contribution is 4.93. The van der Waals surface area contributed by atoms with Gasteiger partial charge in [0.05, 0.1) is 0 Å². The van der Waals surface area contributed by atoms with Gasteiger partial charge in [-0.2, -0.15) is 0 Å². The predicted molar refractivity (Wildman–Crippen MR) is 116 cm³/mol. The molecule has 154 valence electrons. The van der Waals surface area contributed by atoms with Crippen molar-refractivity contribution in [1.29, 1.82) is 0 Å². The summed E-state index contributed by atoms with van der Waals surface area (Å²) in [4.78, 5) is 0. The second-order valence-electron chi connectivity index (χ2n) is 12.3. The second kappa shape index (κ2) is 8.54. The van der Waals surface area contributed by atoms with E-state index in [1.165, 1.54) is 57.8 Å². The zero-order valence-electron chi connectivity index (χ0n) is 18.0. The van der Waals surface area contributed by atoms with Gasteiger partial charge in [0.1, 0.15) is 0 Å². The van der Waals surface area contributed by atoms with E-state index in [0.717, 1.165) is 35.8 Å². The van der Waals surface area contributed by atoms with Gasteiger partial charge in [-0.25, -0.2) is 0 Å². The predicted octanol–water partition coefficient (Wildman–Crippen LogP) is 7.45. The molecule has 26 heavy (non-hydrogen) atoms. The summed E-state index contributed by atoms with van der Waals surface area (Å²) in [5.41, 5.74) is 1.10. The molecular weight excluding hydrogens is 314 g/mol. The van der Waals surface area contributed by atoms with Crippen LogP contribution in [0.15, 0.2) is 0 Å². The molecule has 0 spiro atoms. The molecule has 2 saturated heterocycles. The molecule has 1 nitrogen and oxygen atoms in total. The first-order chi connectivity index (χ1) is 11.6. The minimum atomic E-state index is 0. The molecule has 0 amide bonds. The Hall–Kier alpha value is -0.0400. The minimum Gasteiger partial charge on any atom is -0.311 e. The van der Waals surface area contributed by atoms with Gasteiger partial charge in [0, 0.05) is 12.1 Å². The molecule has 0 aromatic heterocycles. The average Bonchev–Trinajstić information content (AvgIpc) is 2.98. The molecule has 4 unspecified atom stereocenters. The Bertz CT molecular complexity index is 402. The summed E-state index contributed by atoms with van der Waals surface area (Å²) < 4.78 is 0. The molecule has 4 bridgehead atoms. The minimum absolute atomic E-state index is 0. The number of piperidine rings is 1. The van der Waals surface area contributed by atoms with Crippen molar-refractivity contribution < 1.29 is 0 Å². The molecule has 4 atom stereocenters. The van der Waals surface area contributed by atoms with E-state index in [2.05, 4.69) is 46.9 Å². The van der Waals surface area contributed by atoms with Gasteiger partial charge in [0.15, 0.2) is 0 Å². The van der Waals surface area contributed by atoms with Gasteiger partial charge in [-0.05, 0) is 85.9 Å². The van der Waals surface area contributed by atoms with E-state index in [4.69, 9.17) is 0 Å². The maximum atomic E-state index is 3.71. The summed E-state index contributed by atoms with van der Waals surface area (Å²) in [5, 5.41) is 3.71. The highest BCUT2D eigenvalue weighted by Crippen LogP contribution is 2.49. The van der Waals surface area contributed by atoms with Crippen molar-refractivity contribution in [2.75, 3.05) is 0 Å². The van der Waals surface area contributed by atoms with Gasteiger partial charge < -0.3 is 5.32 Å². The van der Waals surface area contributed by atoms with Crippen molar-refractivity contribution in [3.63, 3.8) is 0 Å². The first kappa shape index (κ1) is 22.3. The van der Waals surface area contributed by atoms with Gasteiger partial charge >= 0.3 is 0 Å². The summed E-state index contributed by atoms with van der Waals surface area (Å²) in [6.45, 7) is 14.4. The molecule has 1 heteroatoms. The SMILES string of the molecule is C.CC(C)(C)C1CC2CCC(C2)C1.CC(C)(C)CC1CC2CCC(C1)N2. The zero-order valence-corrected chi connectivity index (χ0v) is 18.0. The van der Waals surface area contributed by atoms with Crippen LogP contribution in [-0.2, 0) is 0 Å². The van der Waals surface area contributed by atoms with Crippen molar-refractivity contribution >= 4 is 0 Å². The van der Waals surface area contributed by atoms with E-state index in [9.17, 15) is 0 Å². The Balaban J connectivity index is 0.000000180. The molecule has 2 aliphatic carbocycles. The summed E-state index contributed by atoms with van der Waals surface area (Å²) in [6.07, 6.45) is 14.9. The summed E-state index contributed by atoms with van der Waals surface area (Å²) in [7, 11) is 0. The normalized spacial score (nSPS) is 39.0. The van der Waals surface area contributed by atoms with Crippen LogP contribution >= 0.6 is 0 Å². The van der Waals surface area contributed by atoms with Crippen LogP contribution in [0.5, 0.6) is 0 Å². The number of hydrogen-bond acceptors (Lipinski definition) is 1. The quantitative estimate of drug-likeness (QED) is 0.510. The first-order valence-corrected chi connectivity index (χ1v) is 11.3. The molecule has 0 aromatic rings. The fourth-order valence-electron chi connectivity index (χ4n) is 6.42. The maximum absolute atomic E-state index is 3.71. The number of fused-ring (bicyclic) bond motifs is 4. The van der Waals surface area contributed by atoms with Crippen molar-refractivity contribution in [1.82, 2.24) is 5.32 Å². The van der Waals surface area contributed by atoms with Crippen LogP contribution in [-0.4, -0.2) is 12.1 Å². The molecule has 2 aliphatic heterocycles. The molecular formula is C25H49N. The van der Waals surface area contributed by atoms with Gasteiger partial charge in [0.2, 0.25) is 0 Å². The van der Waals surface area contributed by atoms with Crippen molar-refractivity contribution in [2.45, 2.75) is 125 Å². The summed E-state index contributed by atoms with van der Waals surface area (Å²) in [6, 6.07) is 1.73. The van der Waals surface area contributed by atoms with Gasteiger partial charge in [0.25, 0.3) is 0 Å². The van der Waals surface area contributed by atoms with Crippen LogP contribution in [0.1, 0.15) is 113 Å². The third kappa shape index (κ3) is 6.25. The molecule has 0 aromatic carbocycles. The molecule has 4 aliphatic rings. The fraction of sp³-hybridized carbons (Fsp3) is 1.00. The van der Waals surface area contributed by atoms with Gasteiger partial charge in [-0.15, -0.1) is 0 Å². The molecule has 2 saturated carbocycles. The third-order valence-corrected chi connectivity index (χ3v) is 7.58. The number of rotatable bonds is 1. The molecule has 4 fully saturated rings. The Morgan fingerprint density at radius 3 is 1.62 bits per heavy atom. The summed E-state index contributed by atoms with van der Waals surface area (Å²) >= 11 is 0. The van der Waals surface area contributed by atoms with Gasteiger partial charge in [-0.3, -0.25) is 0 Å². The second-order valence-corrected chi connectivity index (χ2v) is 12.3. The third-order valence-electron chi connectivity index (χ3n) is 7.58. The number of nitrogens with one attached hydrogen (secondary N) is 1. The van der Waals surface area contributed by atoms with Crippen LogP contribution in [0.25, 0.3) is 0 Å². The zero-order chi connectivity index (χ0) is 18.2. The topological polar surface area (TPSA) is 12.0 Å². The fourth-order valence-corrected chi connectivity index (χ4v) is 6.42. The van der Waals surface area contributed by atoms with Crippen molar-refractivity contribution in [2.24, 2.45) is 34.5 Å². The van der Waals surface area contributed by atoms with Crippen molar-refractivity contribution in [3.05, 3.63) is 0 Å². The van der Waals surface area contributed by atoms with Crippen LogP contribution in [0, 0.1) is 34.5 Å². The van der Waals surface area contributed by atoms with E-state index < -0.39 is 0 Å². The van der Waals surface area contributed by atoms with E-state index in [-0.39, 0.29) is 7.43 Å². The smallest absolute Gasteiger partial charge is 0.00728 e. The monoisotopic (exact) mass is 363 g/mol. The van der Waals surface area contributed by atoms with Crippen LogP contribution < -0.4 is 5.32 Å². The Labute approximate surface area is 165 Å². The molecule has 4 rings (SSSR count). The largest absolute Gasteiger partial charge is 0.311 e. The van der Waals surface area contributed by atoms with Crippen LogP contribution in [0.3, 0.4) is 0 Å². The van der Waals surface area contributed by atoms with Crippen LogP contribution in [0.4, 0.5) is 0 Å². The maximum Gasteiger partial charge on any atom is 0.00728 e. The Kier molecular flexibility index (Phi) is 7.31. The number of hydrogen-bond donors (Lipinski definition) is 1. The highest BCUT2D eigenvalue weighted by Gasteiger charge is 2.38. The van der Waals surface area contributed by atoms with E-state index in [1.54, 1.807) is 6.42 Å². The molecule has 0 radical (unpaired) electrons.